The van der Waals surface area contributed by atoms with Gasteiger partial charge in [0.15, 0.2) is 11.6 Å². The summed E-state index contributed by atoms with van der Waals surface area (Å²) in [5, 5.41) is 0. The summed E-state index contributed by atoms with van der Waals surface area (Å²) >= 11 is 0. The topological polar surface area (TPSA) is 34.1 Å². The molecule has 0 atom stereocenters. The van der Waals surface area contributed by atoms with E-state index in [1.807, 2.05) is 51.1 Å². The first-order valence-corrected chi connectivity index (χ1v) is 7.28. The lowest BCUT2D eigenvalue weighted by Crippen LogP contribution is -2.38. The molecule has 0 N–H and O–H groups in total. The second-order valence-corrected chi connectivity index (χ2v) is 5.78. The van der Waals surface area contributed by atoms with Gasteiger partial charge in [0.25, 0.3) is 0 Å². The number of hydrogen-bond donors (Lipinski definition) is 0. The van der Waals surface area contributed by atoms with E-state index in [9.17, 15) is 9.59 Å². The summed E-state index contributed by atoms with van der Waals surface area (Å²) in [4.78, 5) is 26.0. The van der Waals surface area contributed by atoms with Gasteiger partial charge in [-0.25, -0.2) is 0 Å². The summed E-state index contributed by atoms with van der Waals surface area (Å²) in [7, 11) is 0. The van der Waals surface area contributed by atoms with Gasteiger partial charge < -0.3 is 0 Å². The molecule has 1 aliphatic rings. The fourth-order valence-electron chi connectivity index (χ4n) is 3.39. The van der Waals surface area contributed by atoms with Crippen LogP contribution in [0.25, 0.3) is 0 Å². The Bertz CT molecular complexity index is 721. The highest BCUT2D eigenvalue weighted by molar-refractivity contribution is 6.33. The van der Waals surface area contributed by atoms with Crippen LogP contribution in [0.1, 0.15) is 50.8 Å². The van der Waals surface area contributed by atoms with E-state index in [-0.39, 0.29) is 11.6 Å². The van der Waals surface area contributed by atoms with Gasteiger partial charge in [0, 0.05) is 11.1 Å². The van der Waals surface area contributed by atoms with E-state index in [0.717, 1.165) is 16.7 Å². The Morgan fingerprint density at radius 2 is 1.48 bits per heavy atom. The Hall–Kier alpha value is -2.22. The predicted octanol–water partition coefficient (Wildman–Crippen LogP) is 4.03. The molecule has 21 heavy (non-hydrogen) atoms. The van der Waals surface area contributed by atoms with Crippen molar-refractivity contribution in [2.24, 2.45) is 0 Å². The van der Waals surface area contributed by atoms with Crippen molar-refractivity contribution >= 4 is 11.6 Å². The first-order valence-electron chi connectivity index (χ1n) is 7.28. The minimum atomic E-state index is -1.04. The van der Waals surface area contributed by atoms with Crippen LogP contribution in [0.4, 0.5) is 0 Å². The first-order chi connectivity index (χ1) is 10.0. The smallest absolute Gasteiger partial charge is 0.181 e. The lowest BCUT2D eigenvalue weighted by molar-refractivity contribution is 0.0788. The van der Waals surface area contributed by atoms with Crippen LogP contribution in [-0.4, -0.2) is 11.6 Å². The highest BCUT2D eigenvalue weighted by Crippen LogP contribution is 2.43. The molecule has 0 unspecified atom stereocenters. The van der Waals surface area contributed by atoms with Crippen LogP contribution in [-0.2, 0) is 5.41 Å². The SMILES string of the molecule is CCC1(c2cc(C)ccc2C)C(=O)c2ccccc2C1=O. The van der Waals surface area contributed by atoms with Gasteiger partial charge >= 0.3 is 0 Å². The van der Waals surface area contributed by atoms with Crippen LogP contribution in [0, 0.1) is 13.8 Å². The zero-order valence-electron chi connectivity index (χ0n) is 12.6. The molecule has 0 radical (unpaired) electrons. The van der Waals surface area contributed by atoms with Crippen LogP contribution >= 0.6 is 0 Å². The molecule has 0 aliphatic heterocycles. The zero-order valence-corrected chi connectivity index (χ0v) is 12.6. The number of benzene rings is 2. The number of aryl methyl sites for hydroxylation is 2. The normalized spacial score (nSPS) is 16.1. The van der Waals surface area contributed by atoms with E-state index in [2.05, 4.69) is 0 Å². The van der Waals surface area contributed by atoms with Crippen molar-refractivity contribution in [2.45, 2.75) is 32.6 Å². The average Bonchev–Trinajstić information content (AvgIpc) is 2.72. The van der Waals surface area contributed by atoms with Gasteiger partial charge in [-0.15, -0.1) is 0 Å². The number of hydrogen-bond acceptors (Lipinski definition) is 2. The summed E-state index contributed by atoms with van der Waals surface area (Å²) in [6.45, 7) is 5.88. The molecule has 106 valence electrons. The van der Waals surface area contributed by atoms with Gasteiger partial charge in [-0.3, -0.25) is 9.59 Å². The molecule has 0 heterocycles. The second-order valence-electron chi connectivity index (χ2n) is 5.78. The molecule has 2 aromatic rings. The van der Waals surface area contributed by atoms with E-state index in [1.54, 1.807) is 12.1 Å². The number of rotatable bonds is 2. The lowest BCUT2D eigenvalue weighted by atomic mass is 9.72. The van der Waals surface area contributed by atoms with Gasteiger partial charge in [0.05, 0.1) is 0 Å². The third kappa shape index (κ3) is 1.72. The summed E-state index contributed by atoms with van der Waals surface area (Å²) in [6.07, 6.45) is 0.490. The molecular weight excluding hydrogens is 260 g/mol. The quantitative estimate of drug-likeness (QED) is 0.777. The standard InChI is InChI=1S/C19H18O2/c1-4-19(16-11-12(2)9-10-13(16)3)17(20)14-7-5-6-8-15(14)18(19)21/h5-11H,4H2,1-3H3. The number of carbonyl (C=O) groups is 2. The van der Waals surface area contributed by atoms with Crippen molar-refractivity contribution in [1.29, 1.82) is 0 Å². The largest absolute Gasteiger partial charge is 0.293 e. The highest BCUT2D eigenvalue weighted by Gasteiger charge is 2.53. The maximum Gasteiger partial charge on any atom is 0.181 e. The molecular formula is C19H18O2. The Morgan fingerprint density at radius 3 is 2.00 bits per heavy atom. The molecule has 2 aromatic carbocycles. The maximum atomic E-state index is 13.0. The molecule has 0 aromatic heterocycles. The molecule has 3 rings (SSSR count). The minimum Gasteiger partial charge on any atom is -0.293 e. The summed E-state index contributed by atoms with van der Waals surface area (Å²) < 4.78 is 0. The van der Waals surface area contributed by atoms with Crippen molar-refractivity contribution in [3.63, 3.8) is 0 Å². The molecule has 0 saturated heterocycles. The van der Waals surface area contributed by atoms with Gasteiger partial charge in [-0.05, 0) is 31.4 Å². The Kier molecular flexibility index (Phi) is 3.05. The lowest BCUT2D eigenvalue weighted by Gasteiger charge is -2.27. The molecule has 0 fully saturated rings. The molecule has 0 spiro atoms. The molecule has 1 aliphatic carbocycles. The number of fused-ring (bicyclic) bond motifs is 1. The highest BCUT2D eigenvalue weighted by atomic mass is 16.2. The van der Waals surface area contributed by atoms with Crippen LogP contribution < -0.4 is 0 Å². The molecule has 0 bridgehead atoms. The number of carbonyl (C=O) groups excluding carboxylic acids is 2. The van der Waals surface area contributed by atoms with Gasteiger partial charge in [-0.1, -0.05) is 55.0 Å². The Labute approximate surface area is 124 Å². The Morgan fingerprint density at radius 1 is 0.905 bits per heavy atom. The van der Waals surface area contributed by atoms with Crippen molar-refractivity contribution in [3.05, 3.63) is 70.3 Å². The van der Waals surface area contributed by atoms with Crippen LogP contribution in [0.5, 0.6) is 0 Å². The summed E-state index contributed by atoms with van der Waals surface area (Å²) in [5.74, 6) is -0.112. The van der Waals surface area contributed by atoms with E-state index in [4.69, 9.17) is 0 Å². The van der Waals surface area contributed by atoms with Crippen molar-refractivity contribution < 1.29 is 9.59 Å². The van der Waals surface area contributed by atoms with Gasteiger partial charge in [-0.2, -0.15) is 0 Å². The van der Waals surface area contributed by atoms with Gasteiger partial charge in [0.1, 0.15) is 5.41 Å². The fourth-order valence-corrected chi connectivity index (χ4v) is 3.39. The fraction of sp³-hybridized carbons (Fsp3) is 0.263. The molecule has 2 nitrogen and oxygen atoms in total. The van der Waals surface area contributed by atoms with Crippen molar-refractivity contribution in [1.82, 2.24) is 0 Å². The van der Waals surface area contributed by atoms with E-state index >= 15 is 0 Å². The second kappa shape index (κ2) is 4.66. The van der Waals surface area contributed by atoms with Crippen LogP contribution in [0.3, 0.4) is 0 Å². The van der Waals surface area contributed by atoms with Crippen molar-refractivity contribution in [2.75, 3.05) is 0 Å². The predicted molar refractivity (Wildman–Crippen MR) is 83.0 cm³/mol. The van der Waals surface area contributed by atoms with E-state index in [0.29, 0.717) is 17.5 Å². The summed E-state index contributed by atoms with van der Waals surface area (Å²) in [6, 6.07) is 13.2. The summed E-state index contributed by atoms with van der Waals surface area (Å²) in [5.41, 5.74) is 3.00. The minimum absolute atomic E-state index is 0.0562. The third-order valence-corrected chi connectivity index (χ3v) is 4.57. The first kappa shape index (κ1) is 13.7. The number of ketones is 2. The van der Waals surface area contributed by atoms with Gasteiger partial charge in [0.2, 0.25) is 0 Å². The van der Waals surface area contributed by atoms with Crippen LogP contribution in [0.15, 0.2) is 42.5 Å². The molecule has 0 amide bonds. The molecule has 0 saturated carbocycles. The third-order valence-electron chi connectivity index (χ3n) is 4.57. The Balaban J connectivity index is 2.31. The molecule has 2 heteroatoms. The van der Waals surface area contributed by atoms with E-state index < -0.39 is 5.41 Å². The average molecular weight is 278 g/mol. The zero-order chi connectivity index (χ0) is 15.2. The van der Waals surface area contributed by atoms with Crippen molar-refractivity contribution in [3.8, 4) is 0 Å². The maximum absolute atomic E-state index is 13.0. The number of Topliss-reactive ketones (excluding diaryl/α,β-unsaturated/α-hetero) is 2. The van der Waals surface area contributed by atoms with E-state index in [1.165, 1.54) is 0 Å². The monoisotopic (exact) mass is 278 g/mol. The van der Waals surface area contributed by atoms with Crippen LogP contribution in [0.2, 0.25) is 0 Å².